The first-order valence-electron chi connectivity index (χ1n) is 5.08. The van der Waals surface area contributed by atoms with Gasteiger partial charge in [-0.25, -0.2) is 0 Å². The monoisotopic (exact) mass is 251 g/mol. The molecule has 5 heteroatoms. The van der Waals surface area contributed by atoms with E-state index in [1.807, 2.05) is 6.07 Å². The number of carbonyl (C=O) groups is 1. The number of methoxy groups -OCH3 is 1. The van der Waals surface area contributed by atoms with Gasteiger partial charge in [0.2, 0.25) is 0 Å². The van der Waals surface area contributed by atoms with Crippen LogP contribution in [0.5, 0.6) is 5.75 Å². The van der Waals surface area contributed by atoms with Crippen LogP contribution < -0.4 is 4.74 Å². The Hall–Kier alpha value is -1.67. The van der Waals surface area contributed by atoms with Gasteiger partial charge in [0.25, 0.3) is 0 Å². The van der Waals surface area contributed by atoms with Crippen LogP contribution in [0.2, 0.25) is 0 Å². The Labute approximate surface area is 106 Å². The largest absolute Gasteiger partial charge is 0.496 e. The lowest BCUT2D eigenvalue weighted by atomic mass is 10.1. The van der Waals surface area contributed by atoms with Crippen molar-refractivity contribution in [3.63, 3.8) is 0 Å². The first kappa shape index (κ1) is 13.4. The highest BCUT2D eigenvalue weighted by Crippen LogP contribution is 2.28. The van der Waals surface area contributed by atoms with E-state index in [1.54, 1.807) is 19.1 Å². The predicted octanol–water partition coefficient (Wildman–Crippen LogP) is 1.96. The molecule has 0 fully saturated rings. The molecule has 0 heterocycles. The molecule has 1 rings (SSSR count). The van der Waals surface area contributed by atoms with Crippen LogP contribution in [0.1, 0.15) is 18.1 Å². The summed E-state index contributed by atoms with van der Waals surface area (Å²) in [5.74, 6) is 0.165. The number of ether oxygens (including phenoxy) is 2. The summed E-state index contributed by atoms with van der Waals surface area (Å²) in [6, 6.07) is 5.26. The SMILES string of the molecule is CCOC(=O)Cc1c(OC)ccc(C#N)c1S. The maximum atomic E-state index is 11.4. The Bertz CT molecular complexity index is 466. The average Bonchev–Trinajstić information content (AvgIpc) is 2.32. The van der Waals surface area contributed by atoms with E-state index in [4.69, 9.17) is 14.7 Å². The van der Waals surface area contributed by atoms with E-state index in [1.165, 1.54) is 7.11 Å². The fraction of sp³-hybridized carbons (Fsp3) is 0.333. The van der Waals surface area contributed by atoms with Gasteiger partial charge in [-0.05, 0) is 19.1 Å². The molecule has 0 aliphatic carbocycles. The molecule has 0 aliphatic rings. The molecule has 0 atom stereocenters. The number of carbonyl (C=O) groups excluding carboxylic acids is 1. The number of esters is 1. The third-order valence-electron chi connectivity index (χ3n) is 2.21. The summed E-state index contributed by atoms with van der Waals surface area (Å²) in [5, 5.41) is 8.89. The Morgan fingerprint density at radius 3 is 2.76 bits per heavy atom. The summed E-state index contributed by atoms with van der Waals surface area (Å²) in [6.07, 6.45) is 0.0470. The van der Waals surface area contributed by atoms with Crippen LogP contribution in [-0.2, 0) is 16.0 Å². The minimum atomic E-state index is -0.365. The Morgan fingerprint density at radius 1 is 1.53 bits per heavy atom. The fourth-order valence-corrected chi connectivity index (χ4v) is 1.74. The first-order chi connectivity index (χ1) is 8.13. The molecule has 0 radical (unpaired) electrons. The number of nitriles is 1. The van der Waals surface area contributed by atoms with Crippen LogP contribution in [0, 0.1) is 11.3 Å². The Morgan fingerprint density at radius 2 is 2.24 bits per heavy atom. The topological polar surface area (TPSA) is 59.3 Å². The lowest BCUT2D eigenvalue weighted by Crippen LogP contribution is -2.09. The second kappa shape index (κ2) is 6.16. The third kappa shape index (κ3) is 3.14. The van der Waals surface area contributed by atoms with Crippen molar-refractivity contribution in [3.8, 4) is 11.8 Å². The number of benzene rings is 1. The summed E-state index contributed by atoms with van der Waals surface area (Å²) in [5.41, 5.74) is 0.988. The number of thiol groups is 1. The zero-order valence-electron chi connectivity index (χ0n) is 9.69. The van der Waals surface area contributed by atoms with E-state index in [2.05, 4.69) is 12.6 Å². The molecule has 17 heavy (non-hydrogen) atoms. The van der Waals surface area contributed by atoms with Crippen LogP contribution in [0.25, 0.3) is 0 Å². The maximum absolute atomic E-state index is 11.4. The van der Waals surface area contributed by atoms with Crippen molar-refractivity contribution in [2.75, 3.05) is 13.7 Å². The van der Waals surface area contributed by atoms with Crippen LogP contribution in [0.15, 0.2) is 17.0 Å². The van der Waals surface area contributed by atoms with Crippen molar-refractivity contribution in [1.29, 1.82) is 5.26 Å². The summed E-state index contributed by atoms with van der Waals surface area (Å²) in [4.78, 5) is 11.9. The molecule has 0 spiro atoms. The van der Waals surface area contributed by atoms with Crippen molar-refractivity contribution in [1.82, 2.24) is 0 Å². The smallest absolute Gasteiger partial charge is 0.310 e. The summed E-state index contributed by atoms with van der Waals surface area (Å²) in [6.45, 7) is 2.06. The quantitative estimate of drug-likeness (QED) is 0.656. The van der Waals surface area contributed by atoms with Crippen molar-refractivity contribution in [2.24, 2.45) is 0 Å². The van der Waals surface area contributed by atoms with E-state index >= 15 is 0 Å². The van der Waals surface area contributed by atoms with Gasteiger partial charge < -0.3 is 9.47 Å². The lowest BCUT2D eigenvalue weighted by molar-refractivity contribution is -0.142. The minimum Gasteiger partial charge on any atom is -0.496 e. The molecule has 0 aliphatic heterocycles. The van der Waals surface area contributed by atoms with Crippen LogP contribution >= 0.6 is 12.6 Å². The number of nitrogens with zero attached hydrogens (tertiary/aromatic N) is 1. The number of hydrogen-bond donors (Lipinski definition) is 1. The van der Waals surface area contributed by atoms with Crippen LogP contribution in [-0.4, -0.2) is 19.7 Å². The zero-order chi connectivity index (χ0) is 12.8. The van der Waals surface area contributed by atoms with Gasteiger partial charge in [0.1, 0.15) is 11.8 Å². The van der Waals surface area contributed by atoms with Crippen LogP contribution in [0.4, 0.5) is 0 Å². The zero-order valence-corrected chi connectivity index (χ0v) is 10.6. The second-order valence-electron chi connectivity index (χ2n) is 3.24. The highest BCUT2D eigenvalue weighted by molar-refractivity contribution is 7.80. The van der Waals surface area contributed by atoms with E-state index in [0.29, 0.717) is 28.4 Å². The molecule has 0 N–H and O–H groups in total. The van der Waals surface area contributed by atoms with E-state index in [0.717, 1.165) is 0 Å². The summed E-state index contributed by atoms with van der Waals surface area (Å²) in [7, 11) is 1.50. The van der Waals surface area contributed by atoms with Gasteiger partial charge >= 0.3 is 5.97 Å². The van der Waals surface area contributed by atoms with Crippen molar-refractivity contribution in [3.05, 3.63) is 23.3 Å². The fourth-order valence-electron chi connectivity index (χ4n) is 1.43. The molecule has 0 unspecified atom stereocenters. The van der Waals surface area contributed by atoms with Gasteiger partial charge in [-0.15, -0.1) is 12.6 Å². The minimum absolute atomic E-state index is 0.0470. The van der Waals surface area contributed by atoms with E-state index in [9.17, 15) is 4.79 Å². The second-order valence-corrected chi connectivity index (χ2v) is 3.68. The van der Waals surface area contributed by atoms with Crippen molar-refractivity contribution < 1.29 is 14.3 Å². The standard InChI is InChI=1S/C12H13NO3S/c1-3-16-11(14)6-9-10(15-2)5-4-8(7-13)12(9)17/h4-5,17H,3,6H2,1-2H3. The summed E-state index contributed by atoms with van der Waals surface area (Å²) < 4.78 is 10.0. The molecule has 0 aromatic heterocycles. The molecule has 0 saturated carbocycles. The molecule has 90 valence electrons. The van der Waals surface area contributed by atoms with E-state index < -0.39 is 0 Å². The average molecular weight is 251 g/mol. The highest BCUT2D eigenvalue weighted by atomic mass is 32.1. The molecule has 0 saturated heterocycles. The first-order valence-corrected chi connectivity index (χ1v) is 5.53. The molecular formula is C12H13NO3S. The Balaban J connectivity index is 3.11. The van der Waals surface area contributed by atoms with Gasteiger partial charge in [-0.3, -0.25) is 4.79 Å². The molecular weight excluding hydrogens is 238 g/mol. The van der Waals surface area contributed by atoms with Gasteiger partial charge in [0.05, 0.1) is 25.7 Å². The molecule has 0 amide bonds. The van der Waals surface area contributed by atoms with Gasteiger partial charge in [0, 0.05) is 10.5 Å². The number of hydrogen-bond acceptors (Lipinski definition) is 5. The molecule has 0 bridgehead atoms. The lowest BCUT2D eigenvalue weighted by Gasteiger charge is -2.11. The van der Waals surface area contributed by atoms with Gasteiger partial charge in [-0.2, -0.15) is 5.26 Å². The van der Waals surface area contributed by atoms with Gasteiger partial charge in [0.15, 0.2) is 0 Å². The Kier molecular flexibility index (Phi) is 4.85. The maximum Gasteiger partial charge on any atom is 0.310 e. The number of rotatable bonds is 4. The highest BCUT2D eigenvalue weighted by Gasteiger charge is 2.15. The molecule has 4 nitrogen and oxygen atoms in total. The van der Waals surface area contributed by atoms with Crippen molar-refractivity contribution in [2.45, 2.75) is 18.2 Å². The molecule has 1 aromatic carbocycles. The summed E-state index contributed by atoms with van der Waals surface area (Å²) >= 11 is 4.25. The third-order valence-corrected chi connectivity index (χ3v) is 2.72. The molecule has 1 aromatic rings. The van der Waals surface area contributed by atoms with Gasteiger partial charge in [-0.1, -0.05) is 0 Å². The predicted molar refractivity (Wildman–Crippen MR) is 65.3 cm³/mol. The van der Waals surface area contributed by atoms with Crippen LogP contribution in [0.3, 0.4) is 0 Å². The normalized spacial score (nSPS) is 9.53. The van der Waals surface area contributed by atoms with E-state index in [-0.39, 0.29) is 12.4 Å². The van der Waals surface area contributed by atoms with Crippen molar-refractivity contribution >= 4 is 18.6 Å².